The first-order chi connectivity index (χ1) is 6.02. The van der Waals surface area contributed by atoms with E-state index in [1.165, 1.54) is 0 Å². The molecule has 0 aliphatic heterocycles. The molecule has 0 aliphatic carbocycles. The molecule has 4 nitrogen and oxygen atoms in total. The molecule has 1 aromatic rings. The number of aromatic carboxylic acids is 2. The molecule has 1 aromatic carbocycles. The Balaban J connectivity index is 0. The summed E-state index contributed by atoms with van der Waals surface area (Å²) in [6, 6.07) is 3.44. The van der Waals surface area contributed by atoms with Crippen LogP contribution in [0.5, 0.6) is 0 Å². The third-order valence-electron chi connectivity index (χ3n) is 1.42. The molecule has 0 bridgehead atoms. The molecule has 0 heterocycles. The molecule has 0 saturated heterocycles. The molecular weight excluding hydrogens is 286 g/mol. The molecule has 0 spiro atoms. The third kappa shape index (κ3) is 4.99. The van der Waals surface area contributed by atoms with Gasteiger partial charge >= 0.3 is 59.1 Å². The van der Waals surface area contributed by atoms with Crippen molar-refractivity contribution in [2.24, 2.45) is 0 Å². The van der Waals surface area contributed by atoms with Crippen molar-refractivity contribution < 1.29 is 78.9 Å². The number of hydrogen-bond donors (Lipinski definition) is 0. The van der Waals surface area contributed by atoms with E-state index in [0.29, 0.717) is 0 Å². The molecule has 0 radical (unpaired) electrons. The molecule has 1 rings (SSSR count). The second kappa shape index (κ2) is 7.84. The van der Waals surface area contributed by atoms with Gasteiger partial charge in [-0.25, -0.2) is 0 Å². The summed E-state index contributed by atoms with van der Waals surface area (Å²) >= 11 is 2.90. The van der Waals surface area contributed by atoms with Gasteiger partial charge < -0.3 is 19.8 Å². The van der Waals surface area contributed by atoms with Crippen molar-refractivity contribution in [3.8, 4) is 0 Å². The van der Waals surface area contributed by atoms with E-state index >= 15 is 0 Å². The maximum Gasteiger partial charge on any atom is 1.00 e. The van der Waals surface area contributed by atoms with Crippen molar-refractivity contribution in [2.45, 2.75) is 0 Å². The summed E-state index contributed by atoms with van der Waals surface area (Å²) in [5.74, 6) is -2.72. The van der Waals surface area contributed by atoms with Gasteiger partial charge in [0.25, 0.3) is 0 Å². The van der Waals surface area contributed by atoms with Gasteiger partial charge in [-0.3, -0.25) is 0 Å². The van der Waals surface area contributed by atoms with E-state index in [1.54, 1.807) is 0 Å². The van der Waals surface area contributed by atoms with E-state index in [9.17, 15) is 19.8 Å². The Bertz CT molecular complexity index is 381. The molecule has 0 atom stereocenters. The van der Waals surface area contributed by atoms with Crippen LogP contribution in [0, 0.1) is 0 Å². The number of carbonyl (C=O) groups is 2. The van der Waals surface area contributed by atoms with Gasteiger partial charge in [0.1, 0.15) is 0 Å². The van der Waals surface area contributed by atoms with Crippen molar-refractivity contribution >= 4 is 27.9 Å². The van der Waals surface area contributed by atoms with Crippen LogP contribution in [0.2, 0.25) is 0 Å². The molecule has 0 aliphatic rings. The second-order valence-corrected chi connectivity index (χ2v) is 3.12. The predicted octanol–water partition coefficient (Wildman–Crippen LogP) is -6.82. The maximum atomic E-state index is 10.4. The van der Waals surface area contributed by atoms with Crippen molar-refractivity contribution in [3.05, 3.63) is 33.8 Å². The summed E-state index contributed by atoms with van der Waals surface area (Å²) in [5.41, 5.74) is -0.179. The Labute approximate surface area is 139 Å². The monoisotopic (exact) mass is 288 g/mol. The normalized spacial score (nSPS) is 8.33. The fraction of sp³-hybridized carbons (Fsp3) is 0. The number of halogens is 1. The number of benzene rings is 1. The molecule has 15 heavy (non-hydrogen) atoms. The van der Waals surface area contributed by atoms with Gasteiger partial charge in [0.05, 0.1) is 11.9 Å². The first kappa shape index (κ1) is 18.0. The number of hydrogen-bond acceptors (Lipinski definition) is 4. The van der Waals surface area contributed by atoms with E-state index in [0.717, 1.165) is 18.2 Å². The van der Waals surface area contributed by atoms with Crippen molar-refractivity contribution in [3.63, 3.8) is 0 Å². The summed E-state index contributed by atoms with van der Waals surface area (Å²) in [6.45, 7) is 0. The predicted molar refractivity (Wildman–Crippen MR) is 42.8 cm³/mol. The van der Waals surface area contributed by atoms with Crippen LogP contribution in [-0.4, -0.2) is 11.9 Å². The average molecular weight is 289 g/mol. The first-order valence-electron chi connectivity index (χ1n) is 3.24. The topological polar surface area (TPSA) is 80.3 Å². The molecule has 68 valence electrons. The number of carboxylic acid groups (broad SMARTS) is 2. The fourth-order valence-electron chi connectivity index (χ4n) is 0.808. The number of carboxylic acids is 2. The summed E-state index contributed by atoms with van der Waals surface area (Å²) in [6.07, 6.45) is 0. The quantitative estimate of drug-likeness (QED) is 0.507. The summed E-state index contributed by atoms with van der Waals surface area (Å²) in [5, 5.41) is 20.7. The Morgan fingerprint density at radius 3 is 1.93 bits per heavy atom. The zero-order valence-electron chi connectivity index (χ0n) is 8.24. The van der Waals surface area contributed by atoms with Crippen LogP contribution in [0.4, 0.5) is 0 Å². The zero-order chi connectivity index (χ0) is 10.0. The number of rotatable bonds is 2. The van der Waals surface area contributed by atoms with Gasteiger partial charge in [0.15, 0.2) is 0 Å². The van der Waals surface area contributed by atoms with Crippen LogP contribution < -0.4 is 69.3 Å². The Hall–Kier alpha value is 0.640. The SMILES string of the molecule is O=C([O-])c1ccc(C(=O)[O-])c(Br)c1.[Na+].[Na+]. The molecule has 0 fully saturated rings. The van der Waals surface area contributed by atoms with Gasteiger partial charge in [0, 0.05) is 10.0 Å². The summed E-state index contributed by atoms with van der Waals surface area (Å²) < 4.78 is 0.161. The minimum atomic E-state index is -1.36. The van der Waals surface area contributed by atoms with E-state index < -0.39 is 11.9 Å². The van der Waals surface area contributed by atoms with Crippen LogP contribution in [0.3, 0.4) is 0 Å². The second-order valence-electron chi connectivity index (χ2n) is 2.27. The smallest absolute Gasteiger partial charge is 0.545 e. The van der Waals surface area contributed by atoms with E-state index in [1.807, 2.05) is 0 Å². The third-order valence-corrected chi connectivity index (χ3v) is 2.08. The molecule has 0 unspecified atom stereocenters. The summed E-state index contributed by atoms with van der Waals surface area (Å²) in [4.78, 5) is 20.7. The standard InChI is InChI=1S/C8H5BrO4.2Na/c9-6-3-4(7(10)11)1-2-5(6)8(12)13;;/h1-3H,(H,10,11)(H,12,13);;/q;2*+1/p-2. The van der Waals surface area contributed by atoms with Crippen molar-refractivity contribution in [2.75, 3.05) is 0 Å². The van der Waals surface area contributed by atoms with E-state index in [4.69, 9.17) is 0 Å². The molecule has 0 amide bonds. The van der Waals surface area contributed by atoms with Crippen molar-refractivity contribution in [1.82, 2.24) is 0 Å². The summed E-state index contributed by atoms with van der Waals surface area (Å²) in [7, 11) is 0. The largest absolute Gasteiger partial charge is 1.00 e. The van der Waals surface area contributed by atoms with Crippen LogP contribution in [-0.2, 0) is 0 Å². The minimum Gasteiger partial charge on any atom is -0.545 e. The van der Waals surface area contributed by atoms with Gasteiger partial charge in [-0.2, -0.15) is 0 Å². The maximum absolute atomic E-state index is 10.4. The Morgan fingerprint density at radius 1 is 1.07 bits per heavy atom. The van der Waals surface area contributed by atoms with E-state index in [2.05, 4.69) is 15.9 Å². The average Bonchev–Trinajstić information content (AvgIpc) is 2.03. The minimum absolute atomic E-state index is 0. The molecule has 0 saturated carbocycles. The molecule has 7 heteroatoms. The van der Waals surface area contributed by atoms with Crippen LogP contribution in [0.1, 0.15) is 20.7 Å². The van der Waals surface area contributed by atoms with Crippen LogP contribution in [0.15, 0.2) is 22.7 Å². The van der Waals surface area contributed by atoms with Crippen molar-refractivity contribution in [1.29, 1.82) is 0 Å². The molecular formula is C8H3BrNa2O4. The molecule has 0 aromatic heterocycles. The van der Waals surface area contributed by atoms with Gasteiger partial charge in [-0.15, -0.1) is 0 Å². The van der Waals surface area contributed by atoms with Gasteiger partial charge in [-0.05, 0) is 11.6 Å². The van der Waals surface area contributed by atoms with Crippen LogP contribution in [0.25, 0.3) is 0 Å². The Kier molecular flexibility index (Phi) is 9.42. The van der Waals surface area contributed by atoms with Crippen LogP contribution >= 0.6 is 15.9 Å². The van der Waals surface area contributed by atoms with E-state index in [-0.39, 0.29) is 74.7 Å². The fourth-order valence-corrected chi connectivity index (χ4v) is 1.35. The Morgan fingerprint density at radius 2 is 1.60 bits per heavy atom. The van der Waals surface area contributed by atoms with Gasteiger partial charge in [0.2, 0.25) is 0 Å². The van der Waals surface area contributed by atoms with Gasteiger partial charge in [-0.1, -0.05) is 28.1 Å². The zero-order valence-corrected chi connectivity index (χ0v) is 13.8. The molecule has 0 N–H and O–H groups in total. The first-order valence-corrected chi connectivity index (χ1v) is 4.04. The number of carbonyl (C=O) groups excluding carboxylic acids is 2.